The summed E-state index contributed by atoms with van der Waals surface area (Å²) in [6.45, 7) is 1.05. The molecule has 0 radical (unpaired) electrons. The van der Waals surface area contributed by atoms with Gasteiger partial charge in [0, 0.05) is 59.8 Å². The van der Waals surface area contributed by atoms with Crippen LogP contribution in [0, 0.1) is 12.1 Å². The van der Waals surface area contributed by atoms with E-state index in [0.717, 1.165) is 22.0 Å². The predicted octanol–water partition coefficient (Wildman–Crippen LogP) is 11.7. The van der Waals surface area contributed by atoms with E-state index in [9.17, 15) is 0 Å². The number of hydrogen-bond donors (Lipinski definition) is 0. The van der Waals surface area contributed by atoms with Crippen molar-refractivity contribution in [3.63, 3.8) is 0 Å². The Hall–Kier alpha value is -5.15. The van der Waals surface area contributed by atoms with Gasteiger partial charge in [0.05, 0.1) is 5.48 Å². The molecule has 0 unspecified atom stereocenters. The molecule has 3 aromatic heterocycles. The minimum Gasteiger partial charge on any atom is -0.507 e. The van der Waals surface area contributed by atoms with Crippen molar-refractivity contribution in [2.75, 3.05) is 0 Å². The van der Waals surface area contributed by atoms with E-state index in [-0.39, 0.29) is 38.0 Å². The van der Waals surface area contributed by atoms with Crippen LogP contribution >= 0.6 is 0 Å². The Balaban J connectivity index is 0.00000666. The molecule has 0 atom stereocenters. The van der Waals surface area contributed by atoms with Crippen molar-refractivity contribution >= 4 is 50.7 Å². The number of pyridine rings is 2. The SMILES string of the molecule is [2H]c1c([2H])c(C(C([2H])([2H])[2H])(C([2H])([2H])[2H])C([2H])([2H])[2H])c([2H])c([2H])c1[N+]1=C=[N+](c2[c-]c(Oc3[c-]c4c(nc3)c3ccccc3n4-c3cc(C(C)(C)C)ccn3)cc(C(C)(C)C)c2)c2ccccc21.[Pt+2]. The second-order valence-electron chi connectivity index (χ2n) is 15.2. The quantitative estimate of drug-likeness (QED) is 0.128. The third kappa shape index (κ3) is 6.86. The van der Waals surface area contributed by atoms with Crippen molar-refractivity contribution in [2.45, 2.75) is 78.3 Å². The number of hydrogen-bond acceptors (Lipinski definition) is 3. The maximum atomic E-state index is 9.13. The summed E-state index contributed by atoms with van der Waals surface area (Å²) in [6.07, 6.45) is 3.38. The maximum Gasteiger partial charge on any atom is 2.00 e. The molecule has 0 amide bonds. The molecule has 0 bridgehead atoms. The van der Waals surface area contributed by atoms with Gasteiger partial charge in [0.15, 0.2) is 0 Å². The van der Waals surface area contributed by atoms with Crippen LogP contribution in [0.4, 0.5) is 22.7 Å². The first-order chi connectivity index (χ1) is 30.6. The minimum absolute atomic E-state index is 0. The number of ether oxygens (including phenoxy) is 1. The summed E-state index contributed by atoms with van der Waals surface area (Å²) in [7, 11) is 0. The van der Waals surface area contributed by atoms with Gasteiger partial charge in [-0.15, -0.1) is 17.7 Å². The van der Waals surface area contributed by atoms with Crippen molar-refractivity contribution in [3.05, 3.63) is 138 Å². The molecule has 7 heteroatoms. The molecule has 1 aliphatic rings. The first-order valence-electron chi connectivity index (χ1n) is 23.7. The number of nitrogens with zero attached hydrogens (tertiary/aromatic N) is 5. The average Bonchev–Trinajstić information content (AvgIpc) is 3.75. The summed E-state index contributed by atoms with van der Waals surface area (Å²) in [5, 5.41) is 0.910. The van der Waals surface area contributed by atoms with Crippen LogP contribution in [0.2, 0.25) is 0 Å². The normalized spacial score (nSPS) is 17.3. The van der Waals surface area contributed by atoms with Crippen LogP contribution in [0.5, 0.6) is 11.5 Å². The zero-order valence-electron chi connectivity index (χ0n) is 43.5. The van der Waals surface area contributed by atoms with Crippen molar-refractivity contribution in [3.8, 4) is 17.3 Å². The van der Waals surface area contributed by atoms with Crippen molar-refractivity contribution in [1.29, 1.82) is 0 Å². The molecule has 0 spiro atoms. The fourth-order valence-electron chi connectivity index (χ4n) is 6.30. The Morgan fingerprint density at radius 1 is 0.722 bits per heavy atom. The van der Waals surface area contributed by atoms with Crippen LogP contribution in [0.25, 0.3) is 27.8 Å². The topological polar surface area (TPSA) is 46.0 Å². The molecule has 8 rings (SSSR count). The molecule has 1 aliphatic heterocycles. The van der Waals surface area contributed by atoms with Crippen molar-refractivity contribution in [1.82, 2.24) is 23.7 Å². The number of fused-ring (bicyclic) bond motifs is 4. The van der Waals surface area contributed by atoms with Gasteiger partial charge in [-0.25, -0.2) is 4.98 Å². The van der Waals surface area contributed by atoms with Crippen LogP contribution in [0.3, 0.4) is 0 Å². The van der Waals surface area contributed by atoms with Crippen LogP contribution in [-0.4, -0.2) is 20.5 Å². The Morgan fingerprint density at radius 2 is 1.41 bits per heavy atom. The number of aromatic nitrogens is 3. The van der Waals surface area contributed by atoms with Gasteiger partial charge in [-0.1, -0.05) is 121 Å². The van der Waals surface area contributed by atoms with E-state index in [1.54, 1.807) is 41.2 Å². The summed E-state index contributed by atoms with van der Waals surface area (Å²) >= 11 is 0. The molecule has 0 saturated heterocycles. The molecule has 7 aromatic rings. The molecule has 6 nitrogen and oxygen atoms in total. The monoisotopic (exact) mass is 903 g/mol. The minimum atomic E-state index is -3.81. The molecule has 54 heavy (non-hydrogen) atoms. The van der Waals surface area contributed by atoms with Gasteiger partial charge >= 0.3 is 27.1 Å². The van der Waals surface area contributed by atoms with Gasteiger partial charge in [-0.3, -0.25) is 0 Å². The standard InChI is InChI=1S/C47H45N5O.Pt/c1-45(2,3)31-18-20-34(21-19-31)50-30-51(41-17-13-12-16-40(41)50)35-24-33(47(7,8)9)25-36(27-35)53-37-28-42-44(49-29-37)38-14-10-11-15-39(38)52(42)43-26-32(22-23-48-43)46(4,5)6;/h10-26,29H,1-9H3;/q;+2/i1D3,2D3,3D3,18D,19D,20D,21D;. The van der Waals surface area contributed by atoms with E-state index in [0.29, 0.717) is 33.9 Å². The van der Waals surface area contributed by atoms with E-state index >= 15 is 0 Å². The van der Waals surface area contributed by atoms with Crippen LogP contribution < -0.4 is 13.9 Å². The second kappa shape index (κ2) is 13.6. The molecular weight excluding hydrogens is 846 g/mol. The van der Waals surface area contributed by atoms with Gasteiger partial charge in [-0.2, -0.15) is 0 Å². The van der Waals surface area contributed by atoms with E-state index in [2.05, 4.69) is 45.0 Å². The Labute approximate surface area is 351 Å². The zero-order valence-corrected chi connectivity index (χ0v) is 32.8. The third-order valence-electron chi connectivity index (χ3n) is 9.17. The average molecular weight is 904 g/mol. The summed E-state index contributed by atoms with van der Waals surface area (Å²) in [6, 6.07) is 28.4. The predicted molar refractivity (Wildman–Crippen MR) is 217 cm³/mol. The molecule has 0 fully saturated rings. The first kappa shape index (κ1) is 24.3. The van der Waals surface area contributed by atoms with E-state index < -0.39 is 66.8 Å². The largest absolute Gasteiger partial charge is 2.00 e. The summed E-state index contributed by atoms with van der Waals surface area (Å²) < 4.78 is 122. The molecular formula is C47H45N5OPt+2. The second-order valence-corrected chi connectivity index (χ2v) is 15.2. The summed E-state index contributed by atoms with van der Waals surface area (Å²) in [5.41, 5.74) is -0.663. The van der Waals surface area contributed by atoms with E-state index in [4.69, 9.17) is 32.5 Å². The molecule has 0 N–H and O–H groups in total. The Morgan fingerprint density at radius 3 is 2.11 bits per heavy atom. The first-order valence-corrected chi connectivity index (χ1v) is 17.2. The van der Waals surface area contributed by atoms with Gasteiger partial charge < -0.3 is 14.3 Å². The summed E-state index contributed by atoms with van der Waals surface area (Å²) in [4.78, 5) is 9.61. The van der Waals surface area contributed by atoms with E-state index in [1.807, 2.05) is 67.8 Å². The molecule has 0 saturated carbocycles. The molecule has 4 aromatic carbocycles. The maximum absolute atomic E-state index is 9.13. The Bertz CT molecular complexity index is 3140. The van der Waals surface area contributed by atoms with Gasteiger partial charge in [-0.05, 0) is 72.8 Å². The molecule has 4 heterocycles. The number of rotatable bonds is 5. The smallest absolute Gasteiger partial charge is 0.507 e. The van der Waals surface area contributed by atoms with Crippen molar-refractivity contribution in [2.24, 2.45) is 0 Å². The summed E-state index contributed by atoms with van der Waals surface area (Å²) in [5.74, 6) is 1.26. The van der Waals surface area contributed by atoms with Gasteiger partial charge in [0.25, 0.3) is 11.4 Å². The zero-order chi connectivity index (χ0) is 48.3. The van der Waals surface area contributed by atoms with Crippen LogP contribution in [-0.2, 0) is 37.3 Å². The molecule has 272 valence electrons. The van der Waals surface area contributed by atoms with Gasteiger partial charge in [0.1, 0.15) is 11.5 Å². The third-order valence-corrected chi connectivity index (χ3v) is 9.17. The fraction of sp³-hybridized carbons (Fsp3) is 0.255. The van der Waals surface area contributed by atoms with Gasteiger partial charge in [0.2, 0.25) is 5.69 Å². The molecule has 0 aliphatic carbocycles. The Kier molecular flexibility index (Phi) is 6.12. The number of para-hydroxylation sites is 3. The van der Waals surface area contributed by atoms with E-state index in [1.165, 1.54) is 4.58 Å². The fourth-order valence-corrected chi connectivity index (χ4v) is 6.30. The number of benzene rings is 4. The van der Waals surface area contributed by atoms with Crippen LogP contribution in [0.15, 0.2) is 109 Å². The van der Waals surface area contributed by atoms with Crippen molar-refractivity contribution < 1.29 is 43.6 Å². The van der Waals surface area contributed by atoms with Crippen LogP contribution in [0.1, 0.15) is 96.6 Å².